The number of H-pyrrole nitrogens is 1. The number of carbonyl (C=O) groups is 1. The predicted molar refractivity (Wildman–Crippen MR) is 143 cm³/mol. The van der Waals surface area contributed by atoms with Crippen LogP contribution < -0.4 is 0 Å². The number of aromatic nitrogens is 3. The van der Waals surface area contributed by atoms with Gasteiger partial charge in [0.15, 0.2) is 0 Å². The lowest BCUT2D eigenvalue weighted by Gasteiger charge is -2.33. The largest absolute Gasteiger partial charge is 0.340 e. The molecule has 4 aromatic rings. The Bertz CT molecular complexity index is 1450. The second kappa shape index (κ2) is 8.31. The molecular weight excluding hydrogens is 508 g/mol. The Hall–Kier alpha value is -2.51. The van der Waals surface area contributed by atoms with Crippen molar-refractivity contribution in [1.29, 1.82) is 0 Å². The van der Waals surface area contributed by atoms with E-state index in [0.29, 0.717) is 12.2 Å². The summed E-state index contributed by atoms with van der Waals surface area (Å²) in [7, 11) is 0. The first-order chi connectivity index (χ1) is 16.1. The summed E-state index contributed by atoms with van der Waals surface area (Å²) >= 11 is 5.25. The Labute approximate surface area is 212 Å². The molecule has 1 fully saturated rings. The third-order valence-electron chi connectivity index (χ3n) is 7.38. The lowest BCUT2D eigenvalue weighted by molar-refractivity contribution is 0.0601. The fourth-order valence-electron chi connectivity index (χ4n) is 4.94. The van der Waals surface area contributed by atoms with Crippen molar-refractivity contribution in [3.63, 3.8) is 0 Å². The minimum Gasteiger partial charge on any atom is -0.340 e. The first-order valence-corrected chi connectivity index (χ1v) is 13.2. The second-order valence-corrected chi connectivity index (χ2v) is 11.7. The summed E-state index contributed by atoms with van der Waals surface area (Å²) in [6.07, 6.45) is 1.79. The summed E-state index contributed by atoms with van der Waals surface area (Å²) in [5, 5.41) is 0.900. The van der Waals surface area contributed by atoms with Gasteiger partial charge in [-0.1, -0.05) is 34.1 Å². The number of fused-ring (bicyclic) bond motifs is 1. The van der Waals surface area contributed by atoms with Gasteiger partial charge in [-0.05, 0) is 88.3 Å². The SMILES string of the molecule is Cc1nc(C(=O)N2CCCC2(C)c2nc3c(C)c(C)c(Br)cc3[nH]2)c(-c2ccc(C)c(C)c2)s1. The number of benzene rings is 2. The Kier molecular flexibility index (Phi) is 5.68. The van der Waals surface area contributed by atoms with E-state index < -0.39 is 5.54 Å². The first-order valence-electron chi connectivity index (χ1n) is 11.6. The number of carbonyl (C=O) groups excluding carboxylic acids is 1. The number of aryl methyl sites for hydroxylation is 4. The van der Waals surface area contributed by atoms with Crippen molar-refractivity contribution >= 4 is 44.2 Å². The van der Waals surface area contributed by atoms with Crippen LogP contribution in [0.1, 0.15) is 63.3 Å². The average Bonchev–Trinajstić information content (AvgIpc) is 3.51. The molecule has 0 saturated carbocycles. The number of amides is 1. The number of likely N-dealkylation sites (tertiary alicyclic amines) is 1. The topological polar surface area (TPSA) is 61.9 Å². The monoisotopic (exact) mass is 536 g/mol. The molecule has 0 aliphatic carbocycles. The van der Waals surface area contributed by atoms with Crippen LogP contribution in [0.15, 0.2) is 28.7 Å². The van der Waals surface area contributed by atoms with E-state index in [1.807, 2.05) is 11.8 Å². The molecule has 34 heavy (non-hydrogen) atoms. The molecule has 2 aromatic heterocycles. The van der Waals surface area contributed by atoms with Crippen LogP contribution in [0.5, 0.6) is 0 Å². The Morgan fingerprint density at radius 1 is 1.09 bits per heavy atom. The number of nitrogens with zero attached hydrogens (tertiary/aromatic N) is 3. The highest BCUT2D eigenvalue weighted by Gasteiger charge is 2.45. The number of aromatic amines is 1. The maximum absolute atomic E-state index is 14.0. The van der Waals surface area contributed by atoms with Crippen molar-refractivity contribution < 1.29 is 4.79 Å². The molecule has 1 aliphatic heterocycles. The fraction of sp³-hybridized carbons (Fsp3) is 0.370. The van der Waals surface area contributed by atoms with Crippen LogP contribution in [0.3, 0.4) is 0 Å². The van der Waals surface area contributed by atoms with Crippen LogP contribution in [-0.4, -0.2) is 32.3 Å². The van der Waals surface area contributed by atoms with Crippen LogP contribution >= 0.6 is 27.3 Å². The number of thiazole rings is 1. The minimum atomic E-state index is -0.513. The molecule has 176 valence electrons. The number of hydrogen-bond donors (Lipinski definition) is 1. The quantitative estimate of drug-likeness (QED) is 0.302. The van der Waals surface area contributed by atoms with Crippen LogP contribution in [-0.2, 0) is 5.54 Å². The van der Waals surface area contributed by atoms with Crippen molar-refractivity contribution in [2.24, 2.45) is 0 Å². The summed E-state index contributed by atoms with van der Waals surface area (Å²) in [5.41, 5.74) is 7.84. The van der Waals surface area contributed by atoms with E-state index >= 15 is 0 Å². The molecule has 0 bridgehead atoms. The number of halogens is 1. The van der Waals surface area contributed by atoms with Crippen LogP contribution in [0, 0.1) is 34.6 Å². The zero-order valence-electron chi connectivity index (χ0n) is 20.5. The predicted octanol–water partition coefficient (Wildman–Crippen LogP) is 7.14. The molecular formula is C27H29BrN4OS. The van der Waals surface area contributed by atoms with Gasteiger partial charge in [0.05, 0.1) is 26.5 Å². The van der Waals surface area contributed by atoms with Crippen molar-refractivity contribution in [2.45, 2.75) is 59.9 Å². The highest BCUT2D eigenvalue weighted by atomic mass is 79.9. The van der Waals surface area contributed by atoms with Crippen molar-refractivity contribution in [3.05, 3.63) is 67.5 Å². The van der Waals surface area contributed by atoms with Crippen molar-refractivity contribution in [2.75, 3.05) is 6.54 Å². The van der Waals surface area contributed by atoms with Gasteiger partial charge in [0.2, 0.25) is 0 Å². The van der Waals surface area contributed by atoms with Crippen LogP contribution in [0.2, 0.25) is 0 Å². The highest BCUT2D eigenvalue weighted by molar-refractivity contribution is 9.10. The zero-order valence-corrected chi connectivity index (χ0v) is 22.9. The Morgan fingerprint density at radius 3 is 2.59 bits per heavy atom. The first kappa shape index (κ1) is 23.2. The third-order valence-corrected chi connectivity index (χ3v) is 9.22. The molecule has 1 unspecified atom stereocenters. The number of imidazole rings is 1. The van der Waals surface area contributed by atoms with Gasteiger partial charge in [-0.15, -0.1) is 11.3 Å². The zero-order chi connectivity index (χ0) is 24.4. The molecule has 1 N–H and O–H groups in total. The molecule has 2 aromatic carbocycles. The van der Waals surface area contributed by atoms with E-state index in [1.54, 1.807) is 11.3 Å². The molecule has 1 saturated heterocycles. The number of rotatable bonds is 3. The van der Waals surface area contributed by atoms with E-state index in [4.69, 9.17) is 9.97 Å². The molecule has 5 rings (SSSR count). The highest BCUT2D eigenvalue weighted by Crippen LogP contribution is 2.41. The molecule has 5 nitrogen and oxygen atoms in total. The molecule has 1 amide bonds. The van der Waals surface area contributed by atoms with Gasteiger partial charge in [0, 0.05) is 11.0 Å². The maximum Gasteiger partial charge on any atom is 0.274 e. The second-order valence-electron chi connectivity index (χ2n) is 9.63. The number of nitrogens with one attached hydrogen (secondary N) is 1. The summed E-state index contributed by atoms with van der Waals surface area (Å²) in [6, 6.07) is 8.45. The van der Waals surface area contributed by atoms with E-state index in [9.17, 15) is 4.79 Å². The van der Waals surface area contributed by atoms with Crippen LogP contribution in [0.4, 0.5) is 0 Å². The maximum atomic E-state index is 14.0. The summed E-state index contributed by atoms with van der Waals surface area (Å²) in [4.78, 5) is 30.2. The summed E-state index contributed by atoms with van der Waals surface area (Å²) < 4.78 is 1.06. The van der Waals surface area contributed by atoms with Gasteiger partial charge in [0.1, 0.15) is 11.5 Å². The molecule has 0 radical (unpaired) electrons. The van der Waals surface area contributed by atoms with E-state index in [1.165, 1.54) is 16.7 Å². The molecule has 1 atom stereocenters. The summed E-state index contributed by atoms with van der Waals surface area (Å²) in [6.45, 7) is 13.2. The lowest BCUT2D eigenvalue weighted by Crippen LogP contribution is -2.44. The molecule has 1 aliphatic rings. The van der Waals surface area contributed by atoms with E-state index in [2.05, 4.69) is 79.8 Å². The van der Waals surface area contributed by atoms with Crippen LogP contribution in [0.25, 0.3) is 21.5 Å². The van der Waals surface area contributed by atoms with Gasteiger partial charge in [-0.25, -0.2) is 9.97 Å². The Balaban J connectivity index is 1.57. The standard InChI is InChI=1S/C27H29BrN4OS/c1-14-8-9-19(12-15(14)2)24-23(29-18(5)34-24)25(33)32-11-7-10-27(32,6)26-30-21-13-20(28)16(3)17(4)22(21)31-26/h8-9,12-13H,7,10-11H2,1-6H3,(H,30,31). The third kappa shape index (κ3) is 3.60. The smallest absolute Gasteiger partial charge is 0.274 e. The fourth-order valence-corrected chi connectivity index (χ4v) is 6.37. The van der Waals surface area contributed by atoms with Gasteiger partial charge >= 0.3 is 0 Å². The molecule has 0 spiro atoms. The number of hydrogen-bond acceptors (Lipinski definition) is 4. The molecule has 3 heterocycles. The average molecular weight is 538 g/mol. The Morgan fingerprint density at radius 2 is 1.85 bits per heavy atom. The van der Waals surface area contributed by atoms with Gasteiger partial charge in [-0.2, -0.15) is 0 Å². The van der Waals surface area contributed by atoms with Gasteiger partial charge in [0.25, 0.3) is 5.91 Å². The van der Waals surface area contributed by atoms with Crippen molar-refractivity contribution in [3.8, 4) is 10.4 Å². The van der Waals surface area contributed by atoms with Gasteiger partial charge < -0.3 is 9.88 Å². The van der Waals surface area contributed by atoms with E-state index in [-0.39, 0.29) is 5.91 Å². The van der Waals surface area contributed by atoms with E-state index in [0.717, 1.165) is 55.2 Å². The lowest BCUT2D eigenvalue weighted by atomic mass is 9.97. The van der Waals surface area contributed by atoms with Gasteiger partial charge in [-0.3, -0.25) is 4.79 Å². The summed E-state index contributed by atoms with van der Waals surface area (Å²) in [5.74, 6) is 0.820. The van der Waals surface area contributed by atoms with Crippen molar-refractivity contribution in [1.82, 2.24) is 19.9 Å². The normalized spacial score (nSPS) is 18.3. The molecule has 7 heteroatoms. The minimum absolute atomic E-state index is 0.0212.